The zero-order chi connectivity index (χ0) is 25.3. The average Bonchev–Trinajstić information content (AvgIpc) is 3.61. The molecule has 2 N–H and O–H groups in total. The predicted molar refractivity (Wildman–Crippen MR) is 143 cm³/mol. The minimum atomic E-state index is -0.917. The molecule has 2 saturated heterocycles. The molecule has 2 aromatic heterocycles. The summed E-state index contributed by atoms with van der Waals surface area (Å²) in [6.45, 7) is 5.02. The Bertz CT molecular complexity index is 1630. The second-order valence-corrected chi connectivity index (χ2v) is 10.8. The number of hydrogen-bond donors (Lipinski definition) is 2. The second kappa shape index (κ2) is 7.70. The molecular formula is C30H27N5O2. The molecule has 0 aliphatic carbocycles. The Morgan fingerprint density at radius 2 is 1.81 bits per heavy atom. The van der Waals surface area contributed by atoms with E-state index in [-0.39, 0.29) is 11.7 Å². The van der Waals surface area contributed by atoms with Crippen LogP contribution in [0.5, 0.6) is 0 Å². The Hall–Kier alpha value is -4.10. The Morgan fingerprint density at radius 3 is 2.54 bits per heavy atom. The SMILES string of the molecule is CC1(C)C(=O)C2(C3COC3)C=C3C=CC(=N3)C=c3ccc([nH]3)=CC3=NC(c4cccnc4)(C=C3)C=C1N2. The number of H-pyrrole nitrogens is 1. The first kappa shape index (κ1) is 22.1. The molecule has 5 aliphatic heterocycles. The molecule has 2 unspecified atom stereocenters. The average molecular weight is 490 g/mol. The van der Waals surface area contributed by atoms with Gasteiger partial charge >= 0.3 is 0 Å². The van der Waals surface area contributed by atoms with Gasteiger partial charge in [0.05, 0.1) is 35.7 Å². The Morgan fingerprint density at radius 1 is 1.00 bits per heavy atom. The Balaban J connectivity index is 1.51. The molecule has 0 amide bonds. The fraction of sp³-hybridized carbons (Fsp3) is 0.267. The van der Waals surface area contributed by atoms with E-state index in [0.717, 1.165) is 39.1 Å². The van der Waals surface area contributed by atoms with E-state index in [2.05, 4.69) is 27.4 Å². The summed E-state index contributed by atoms with van der Waals surface area (Å²) < 4.78 is 5.57. The first-order valence-corrected chi connectivity index (χ1v) is 12.6. The number of aromatic amines is 1. The third-order valence-corrected chi connectivity index (χ3v) is 7.95. The van der Waals surface area contributed by atoms with E-state index in [9.17, 15) is 4.79 Å². The van der Waals surface area contributed by atoms with Crippen LogP contribution >= 0.6 is 0 Å². The van der Waals surface area contributed by atoms with E-state index in [1.807, 2.05) is 80.8 Å². The van der Waals surface area contributed by atoms with Crippen molar-refractivity contribution in [1.29, 1.82) is 0 Å². The van der Waals surface area contributed by atoms with Gasteiger partial charge in [0.15, 0.2) is 5.78 Å². The van der Waals surface area contributed by atoms with Crippen molar-refractivity contribution in [3.63, 3.8) is 0 Å². The zero-order valence-electron chi connectivity index (χ0n) is 20.7. The largest absolute Gasteiger partial charge is 0.380 e. The molecule has 0 saturated carbocycles. The van der Waals surface area contributed by atoms with Crippen molar-refractivity contribution in [3.05, 3.63) is 101 Å². The molecule has 7 heterocycles. The number of carbonyl (C=O) groups is 1. The van der Waals surface area contributed by atoms with E-state index < -0.39 is 16.5 Å². The number of allylic oxidation sites excluding steroid dienone is 4. The van der Waals surface area contributed by atoms with E-state index >= 15 is 0 Å². The van der Waals surface area contributed by atoms with Gasteiger partial charge in [0.1, 0.15) is 11.1 Å². The standard InChI is InChI=1S/C30H27N5O2/c1-28(2)26-15-29(19-4-3-11-31-16-19)10-9-24(34-29)13-23-6-5-21(32-23)12-22-7-8-25(33-22)14-30(35-26,27(28)36)20-17-37-18-20/h3-16,20,32,35H,17-18H2,1-2H3. The quantitative estimate of drug-likeness (QED) is 0.677. The van der Waals surface area contributed by atoms with Crippen LogP contribution in [0.4, 0.5) is 0 Å². The van der Waals surface area contributed by atoms with Gasteiger partial charge in [-0.2, -0.15) is 0 Å². The molecule has 7 nitrogen and oxygen atoms in total. The number of pyridine rings is 1. The van der Waals surface area contributed by atoms with Gasteiger partial charge in [-0.25, -0.2) is 4.99 Å². The summed E-state index contributed by atoms with van der Waals surface area (Å²) in [5, 5.41) is 5.59. The number of fused-ring (bicyclic) bond motifs is 6. The number of rotatable bonds is 2. The number of ketones is 1. The number of nitrogens with zero attached hydrogens (tertiary/aromatic N) is 3. The summed E-state index contributed by atoms with van der Waals surface area (Å²) in [7, 11) is 0. The van der Waals surface area contributed by atoms with Crippen LogP contribution < -0.4 is 16.0 Å². The number of Topliss-reactive ketones (excluding diaryl/α,β-unsaturated/α-hetero) is 1. The van der Waals surface area contributed by atoms with Gasteiger partial charge in [-0.15, -0.1) is 0 Å². The van der Waals surface area contributed by atoms with E-state index in [1.165, 1.54) is 0 Å². The summed E-state index contributed by atoms with van der Waals surface area (Å²) in [4.78, 5) is 32.1. The van der Waals surface area contributed by atoms with Crippen LogP contribution in [0.15, 0.2) is 94.5 Å². The van der Waals surface area contributed by atoms with Crippen molar-refractivity contribution < 1.29 is 9.53 Å². The lowest BCUT2D eigenvalue weighted by Crippen LogP contribution is -2.58. The van der Waals surface area contributed by atoms with Crippen LogP contribution in [-0.4, -0.2) is 45.9 Å². The Kier molecular flexibility index (Phi) is 4.60. The number of aromatic nitrogens is 2. The highest BCUT2D eigenvalue weighted by Crippen LogP contribution is 2.47. The number of hydrogen-bond acceptors (Lipinski definition) is 6. The summed E-state index contributed by atoms with van der Waals surface area (Å²) in [6.07, 6.45) is 19.8. The second-order valence-electron chi connectivity index (χ2n) is 10.8. The van der Waals surface area contributed by atoms with Gasteiger partial charge in [0, 0.05) is 40.3 Å². The van der Waals surface area contributed by atoms with Gasteiger partial charge in [0.25, 0.3) is 0 Å². The highest BCUT2D eigenvalue weighted by atomic mass is 16.5. The third kappa shape index (κ3) is 3.38. The number of nitrogens with one attached hydrogen (secondary N) is 2. The lowest BCUT2D eigenvalue weighted by atomic mass is 9.72. The van der Waals surface area contributed by atoms with Crippen molar-refractivity contribution in [2.45, 2.75) is 24.9 Å². The van der Waals surface area contributed by atoms with Crippen LogP contribution in [0.1, 0.15) is 19.4 Å². The van der Waals surface area contributed by atoms with Gasteiger partial charge in [0.2, 0.25) is 0 Å². The third-order valence-electron chi connectivity index (χ3n) is 7.95. The van der Waals surface area contributed by atoms with Crippen molar-refractivity contribution in [2.75, 3.05) is 13.2 Å². The van der Waals surface area contributed by atoms with Crippen LogP contribution in [0, 0.1) is 11.3 Å². The normalized spacial score (nSPS) is 29.4. The van der Waals surface area contributed by atoms with Gasteiger partial charge in [-0.1, -0.05) is 6.07 Å². The van der Waals surface area contributed by atoms with Crippen LogP contribution in [0.25, 0.3) is 12.2 Å². The zero-order valence-corrected chi connectivity index (χ0v) is 20.7. The lowest BCUT2D eigenvalue weighted by Gasteiger charge is -2.40. The molecule has 184 valence electrons. The van der Waals surface area contributed by atoms with Gasteiger partial charge in [-0.05, 0) is 80.7 Å². The van der Waals surface area contributed by atoms with Crippen molar-refractivity contribution in [3.8, 4) is 0 Å². The fourth-order valence-corrected chi connectivity index (χ4v) is 5.73. The summed E-state index contributed by atoms with van der Waals surface area (Å²) in [6, 6.07) is 8.01. The topological polar surface area (TPSA) is 91.7 Å². The summed E-state index contributed by atoms with van der Waals surface area (Å²) in [5.74, 6) is 0.130. The fourth-order valence-electron chi connectivity index (χ4n) is 5.73. The van der Waals surface area contributed by atoms with Crippen molar-refractivity contribution >= 4 is 29.4 Å². The van der Waals surface area contributed by atoms with Crippen LogP contribution in [0.3, 0.4) is 0 Å². The van der Waals surface area contributed by atoms with Crippen LogP contribution in [-0.2, 0) is 15.1 Å². The molecule has 0 spiro atoms. The van der Waals surface area contributed by atoms with E-state index in [4.69, 9.17) is 14.7 Å². The molecule has 8 bridgehead atoms. The molecule has 37 heavy (non-hydrogen) atoms. The van der Waals surface area contributed by atoms with Crippen molar-refractivity contribution in [2.24, 2.45) is 21.3 Å². The smallest absolute Gasteiger partial charge is 0.174 e. The number of ether oxygens (including phenoxy) is 1. The number of aliphatic imine (C=N–C) groups is 2. The van der Waals surface area contributed by atoms with Gasteiger partial charge < -0.3 is 15.0 Å². The highest BCUT2D eigenvalue weighted by molar-refractivity contribution is 6.20. The molecule has 5 aliphatic rings. The molecule has 7 rings (SSSR count). The first-order chi connectivity index (χ1) is 17.9. The van der Waals surface area contributed by atoms with E-state index in [0.29, 0.717) is 13.2 Å². The van der Waals surface area contributed by atoms with Crippen LogP contribution in [0.2, 0.25) is 0 Å². The molecule has 0 aromatic carbocycles. The minimum Gasteiger partial charge on any atom is -0.380 e. The van der Waals surface area contributed by atoms with E-state index in [1.54, 1.807) is 6.20 Å². The summed E-state index contributed by atoms with van der Waals surface area (Å²) in [5.41, 5.74) is 1.74. The molecular weight excluding hydrogens is 462 g/mol. The van der Waals surface area contributed by atoms with Crippen molar-refractivity contribution in [1.82, 2.24) is 15.3 Å². The Labute approximate surface area is 214 Å². The maximum atomic E-state index is 14.3. The first-order valence-electron chi connectivity index (χ1n) is 12.6. The summed E-state index contributed by atoms with van der Waals surface area (Å²) >= 11 is 0. The monoisotopic (exact) mass is 489 g/mol. The molecule has 2 aromatic rings. The molecule has 0 radical (unpaired) electrons. The maximum absolute atomic E-state index is 14.3. The minimum absolute atomic E-state index is 0.0139. The maximum Gasteiger partial charge on any atom is 0.174 e. The predicted octanol–water partition coefficient (Wildman–Crippen LogP) is 2.25. The highest BCUT2D eigenvalue weighted by Gasteiger charge is 2.59. The van der Waals surface area contributed by atoms with Gasteiger partial charge in [-0.3, -0.25) is 14.8 Å². The molecule has 7 heteroatoms. The molecule has 2 fully saturated rings. The lowest BCUT2D eigenvalue weighted by molar-refractivity contribution is -0.136. The number of carbonyl (C=O) groups excluding carboxylic acids is 1. The molecule has 2 atom stereocenters.